The van der Waals surface area contributed by atoms with Gasteiger partial charge in [-0.2, -0.15) is 0 Å². The molecule has 0 aromatic heterocycles. The van der Waals surface area contributed by atoms with Gasteiger partial charge in [-0.3, -0.25) is 4.79 Å². The highest BCUT2D eigenvalue weighted by Crippen LogP contribution is 2.17. The van der Waals surface area contributed by atoms with Gasteiger partial charge in [0.1, 0.15) is 11.6 Å². The van der Waals surface area contributed by atoms with Gasteiger partial charge in [-0.1, -0.05) is 6.92 Å². The van der Waals surface area contributed by atoms with Crippen LogP contribution in [0.25, 0.3) is 0 Å². The number of anilines is 2. The summed E-state index contributed by atoms with van der Waals surface area (Å²) >= 11 is 0. The lowest BCUT2D eigenvalue weighted by Gasteiger charge is -2.13. The summed E-state index contributed by atoms with van der Waals surface area (Å²) < 4.78 is 18.5. The Kier molecular flexibility index (Phi) is 5.97. The zero-order chi connectivity index (χ0) is 16.7. The molecule has 122 valence electrons. The molecule has 2 rings (SSSR count). The minimum atomic E-state index is -0.333. The summed E-state index contributed by atoms with van der Waals surface area (Å²) in [6.45, 7) is 4.22. The molecule has 23 heavy (non-hydrogen) atoms. The van der Waals surface area contributed by atoms with E-state index in [0.29, 0.717) is 5.69 Å². The number of benzene rings is 2. The van der Waals surface area contributed by atoms with Crippen LogP contribution in [0.5, 0.6) is 5.75 Å². The van der Waals surface area contributed by atoms with Crippen LogP contribution in [0, 0.1) is 5.82 Å². The fourth-order valence-corrected chi connectivity index (χ4v) is 1.89. The van der Waals surface area contributed by atoms with Crippen LogP contribution in [0.15, 0.2) is 48.5 Å². The topological polar surface area (TPSA) is 50.4 Å². The van der Waals surface area contributed by atoms with Crippen molar-refractivity contribution < 1.29 is 13.9 Å². The number of hydrogen-bond donors (Lipinski definition) is 2. The van der Waals surface area contributed by atoms with Crippen molar-refractivity contribution in [2.45, 2.75) is 26.4 Å². The van der Waals surface area contributed by atoms with Gasteiger partial charge in [0.2, 0.25) is 5.91 Å². The SMILES string of the molecule is CCC(C)Oc1ccc(NCC(=O)Nc2ccc(F)cc2)cc1. The summed E-state index contributed by atoms with van der Waals surface area (Å²) in [5.74, 6) is 0.276. The minimum Gasteiger partial charge on any atom is -0.491 e. The quantitative estimate of drug-likeness (QED) is 0.810. The smallest absolute Gasteiger partial charge is 0.243 e. The average molecular weight is 316 g/mol. The van der Waals surface area contributed by atoms with Crippen LogP contribution in [-0.4, -0.2) is 18.6 Å². The van der Waals surface area contributed by atoms with Crippen LogP contribution in [-0.2, 0) is 4.79 Å². The largest absolute Gasteiger partial charge is 0.491 e. The van der Waals surface area contributed by atoms with Crippen LogP contribution in [0.3, 0.4) is 0 Å². The van der Waals surface area contributed by atoms with E-state index in [-0.39, 0.29) is 24.4 Å². The molecule has 1 unspecified atom stereocenters. The van der Waals surface area contributed by atoms with E-state index in [9.17, 15) is 9.18 Å². The molecule has 0 saturated carbocycles. The number of amides is 1. The molecule has 0 saturated heterocycles. The van der Waals surface area contributed by atoms with Crippen molar-refractivity contribution >= 4 is 17.3 Å². The van der Waals surface area contributed by atoms with Gasteiger partial charge in [0.15, 0.2) is 0 Å². The Labute approximate surface area is 135 Å². The molecule has 0 aliphatic rings. The minimum absolute atomic E-state index is 0.128. The van der Waals surface area contributed by atoms with E-state index in [0.717, 1.165) is 17.9 Å². The van der Waals surface area contributed by atoms with Gasteiger partial charge in [-0.25, -0.2) is 4.39 Å². The van der Waals surface area contributed by atoms with E-state index >= 15 is 0 Å². The fourth-order valence-electron chi connectivity index (χ4n) is 1.89. The third-order valence-corrected chi connectivity index (χ3v) is 3.35. The summed E-state index contributed by atoms with van der Waals surface area (Å²) in [6, 6.07) is 13.1. The van der Waals surface area contributed by atoms with E-state index in [4.69, 9.17) is 4.74 Å². The molecule has 1 amide bonds. The molecule has 1 atom stereocenters. The monoisotopic (exact) mass is 316 g/mol. The van der Waals surface area contributed by atoms with Gasteiger partial charge in [-0.05, 0) is 61.9 Å². The predicted molar refractivity (Wildman–Crippen MR) is 90.3 cm³/mol. The Bertz CT molecular complexity index is 626. The Morgan fingerprint density at radius 3 is 2.30 bits per heavy atom. The molecule has 4 nitrogen and oxygen atoms in total. The number of carbonyl (C=O) groups excluding carboxylic acids is 1. The summed E-state index contributed by atoms with van der Waals surface area (Å²) in [7, 11) is 0. The molecule has 2 aromatic rings. The van der Waals surface area contributed by atoms with Gasteiger partial charge in [-0.15, -0.1) is 0 Å². The van der Waals surface area contributed by atoms with E-state index in [1.807, 2.05) is 31.2 Å². The normalized spacial score (nSPS) is 11.6. The molecule has 5 heteroatoms. The fraction of sp³-hybridized carbons (Fsp3) is 0.278. The molecule has 0 aliphatic heterocycles. The van der Waals surface area contributed by atoms with Crippen molar-refractivity contribution in [3.05, 3.63) is 54.3 Å². The standard InChI is InChI=1S/C18H21FN2O2/c1-3-13(2)23-17-10-8-15(9-11-17)20-12-18(22)21-16-6-4-14(19)5-7-16/h4-11,13,20H,3,12H2,1-2H3,(H,21,22). The number of hydrogen-bond acceptors (Lipinski definition) is 3. The molecule has 0 heterocycles. The highest BCUT2D eigenvalue weighted by atomic mass is 19.1. The first-order valence-electron chi connectivity index (χ1n) is 7.63. The number of halogens is 1. The first-order chi connectivity index (χ1) is 11.1. The molecule has 0 radical (unpaired) electrons. The van der Waals surface area contributed by atoms with Crippen molar-refractivity contribution in [3.8, 4) is 5.75 Å². The van der Waals surface area contributed by atoms with Gasteiger partial charge in [0, 0.05) is 11.4 Å². The Morgan fingerprint density at radius 2 is 1.70 bits per heavy atom. The van der Waals surface area contributed by atoms with E-state index in [1.54, 1.807) is 0 Å². The van der Waals surface area contributed by atoms with E-state index in [1.165, 1.54) is 24.3 Å². The molecule has 0 bridgehead atoms. The highest BCUT2D eigenvalue weighted by Gasteiger charge is 2.04. The summed E-state index contributed by atoms with van der Waals surface area (Å²) in [5, 5.41) is 5.72. The Balaban J connectivity index is 1.80. The predicted octanol–water partition coefficient (Wildman–Crippen LogP) is 4.05. The van der Waals surface area contributed by atoms with Crippen LogP contribution in [0.1, 0.15) is 20.3 Å². The maximum atomic E-state index is 12.8. The van der Waals surface area contributed by atoms with Crippen LogP contribution in [0.2, 0.25) is 0 Å². The van der Waals surface area contributed by atoms with Gasteiger partial charge >= 0.3 is 0 Å². The average Bonchev–Trinajstić information content (AvgIpc) is 2.56. The number of rotatable bonds is 7. The van der Waals surface area contributed by atoms with Crippen molar-refractivity contribution in [1.29, 1.82) is 0 Å². The second-order valence-electron chi connectivity index (χ2n) is 5.27. The summed E-state index contributed by atoms with van der Waals surface area (Å²) in [4.78, 5) is 11.8. The first kappa shape index (κ1) is 16.8. The Hall–Kier alpha value is -2.56. The molecule has 0 spiro atoms. The number of carbonyl (C=O) groups is 1. The molecule has 2 aromatic carbocycles. The zero-order valence-corrected chi connectivity index (χ0v) is 13.3. The zero-order valence-electron chi connectivity index (χ0n) is 13.3. The van der Waals surface area contributed by atoms with Gasteiger partial charge in [0.05, 0.1) is 12.6 Å². The molecular weight excluding hydrogens is 295 g/mol. The Morgan fingerprint density at radius 1 is 1.09 bits per heavy atom. The molecular formula is C18H21FN2O2. The second-order valence-corrected chi connectivity index (χ2v) is 5.27. The highest BCUT2D eigenvalue weighted by molar-refractivity contribution is 5.93. The first-order valence-corrected chi connectivity index (χ1v) is 7.63. The molecule has 2 N–H and O–H groups in total. The van der Waals surface area contributed by atoms with E-state index < -0.39 is 0 Å². The lowest BCUT2D eigenvalue weighted by Crippen LogP contribution is -2.21. The second kappa shape index (κ2) is 8.17. The van der Waals surface area contributed by atoms with Crippen LogP contribution in [0.4, 0.5) is 15.8 Å². The van der Waals surface area contributed by atoms with Crippen molar-refractivity contribution in [3.63, 3.8) is 0 Å². The van der Waals surface area contributed by atoms with Gasteiger partial charge < -0.3 is 15.4 Å². The van der Waals surface area contributed by atoms with E-state index in [2.05, 4.69) is 17.6 Å². The lowest BCUT2D eigenvalue weighted by atomic mass is 10.2. The van der Waals surface area contributed by atoms with Crippen molar-refractivity contribution in [1.82, 2.24) is 0 Å². The summed E-state index contributed by atoms with van der Waals surface area (Å²) in [6.07, 6.45) is 1.12. The summed E-state index contributed by atoms with van der Waals surface area (Å²) in [5.41, 5.74) is 1.39. The number of ether oxygens (including phenoxy) is 1. The van der Waals surface area contributed by atoms with Crippen molar-refractivity contribution in [2.75, 3.05) is 17.2 Å². The lowest BCUT2D eigenvalue weighted by molar-refractivity contribution is -0.114. The van der Waals surface area contributed by atoms with Crippen LogP contribution < -0.4 is 15.4 Å². The van der Waals surface area contributed by atoms with Gasteiger partial charge in [0.25, 0.3) is 0 Å². The third kappa shape index (κ3) is 5.62. The molecule has 0 aliphatic carbocycles. The number of nitrogens with one attached hydrogen (secondary N) is 2. The maximum Gasteiger partial charge on any atom is 0.243 e. The molecule has 0 fully saturated rings. The van der Waals surface area contributed by atoms with Crippen LogP contribution >= 0.6 is 0 Å². The maximum absolute atomic E-state index is 12.8. The third-order valence-electron chi connectivity index (χ3n) is 3.35. The van der Waals surface area contributed by atoms with Crippen molar-refractivity contribution in [2.24, 2.45) is 0 Å².